The van der Waals surface area contributed by atoms with Gasteiger partial charge in [0.05, 0.1) is 21.7 Å². The van der Waals surface area contributed by atoms with Crippen LogP contribution >= 0.6 is 11.8 Å². The predicted molar refractivity (Wildman–Crippen MR) is 71.0 cm³/mol. The van der Waals surface area contributed by atoms with Gasteiger partial charge in [-0.25, -0.2) is 4.68 Å². The Morgan fingerprint density at radius 1 is 1.56 bits per heavy atom. The number of nitro benzene ring substituents is 1. The standard InChI is InChI=1S/C11H12N4O2S/c1-2-18-10-7-13-14(11(10)12)8-4-3-5-9(6-8)15(16)17/h3-7H,2,12H2,1H3. The van der Waals surface area contributed by atoms with Crippen LogP contribution in [-0.4, -0.2) is 20.5 Å². The van der Waals surface area contributed by atoms with Crippen LogP contribution in [-0.2, 0) is 0 Å². The van der Waals surface area contributed by atoms with E-state index in [1.807, 2.05) is 6.92 Å². The van der Waals surface area contributed by atoms with Gasteiger partial charge < -0.3 is 5.73 Å². The first-order valence-corrected chi connectivity index (χ1v) is 6.33. The van der Waals surface area contributed by atoms with E-state index in [9.17, 15) is 10.1 Å². The Morgan fingerprint density at radius 2 is 2.33 bits per heavy atom. The second-order valence-corrected chi connectivity index (χ2v) is 4.82. The molecule has 1 heterocycles. The molecule has 6 nitrogen and oxygen atoms in total. The lowest BCUT2D eigenvalue weighted by molar-refractivity contribution is -0.384. The van der Waals surface area contributed by atoms with Gasteiger partial charge in [0, 0.05) is 12.1 Å². The number of nitrogens with zero attached hydrogens (tertiary/aromatic N) is 3. The highest BCUT2D eigenvalue weighted by Crippen LogP contribution is 2.27. The summed E-state index contributed by atoms with van der Waals surface area (Å²) in [6.45, 7) is 2.02. The van der Waals surface area contributed by atoms with Gasteiger partial charge in [0.25, 0.3) is 5.69 Å². The summed E-state index contributed by atoms with van der Waals surface area (Å²) in [6, 6.07) is 6.23. The molecule has 0 amide bonds. The average Bonchev–Trinajstić information content (AvgIpc) is 2.72. The lowest BCUT2D eigenvalue weighted by Gasteiger charge is -2.04. The summed E-state index contributed by atoms with van der Waals surface area (Å²) in [6.07, 6.45) is 1.67. The van der Waals surface area contributed by atoms with E-state index in [0.29, 0.717) is 11.5 Å². The number of nitrogens with two attached hydrogens (primary N) is 1. The number of anilines is 1. The SMILES string of the molecule is CCSc1cnn(-c2cccc([N+](=O)[O-])c2)c1N. The van der Waals surface area contributed by atoms with Gasteiger partial charge in [-0.3, -0.25) is 10.1 Å². The highest BCUT2D eigenvalue weighted by molar-refractivity contribution is 7.99. The second kappa shape index (κ2) is 5.09. The highest BCUT2D eigenvalue weighted by atomic mass is 32.2. The van der Waals surface area contributed by atoms with Crippen LogP contribution in [0.15, 0.2) is 35.4 Å². The van der Waals surface area contributed by atoms with Crippen LogP contribution in [0, 0.1) is 10.1 Å². The Hall–Kier alpha value is -2.02. The van der Waals surface area contributed by atoms with Gasteiger partial charge >= 0.3 is 0 Å². The molecule has 1 aromatic carbocycles. The Kier molecular flexibility index (Phi) is 3.52. The molecule has 2 N–H and O–H groups in total. The number of benzene rings is 1. The molecule has 0 spiro atoms. The van der Waals surface area contributed by atoms with Gasteiger partial charge in [-0.05, 0) is 11.8 Å². The number of non-ortho nitro benzene ring substituents is 1. The third kappa shape index (κ3) is 2.30. The van der Waals surface area contributed by atoms with Gasteiger partial charge in [-0.15, -0.1) is 11.8 Å². The van der Waals surface area contributed by atoms with Crippen LogP contribution in [0.3, 0.4) is 0 Å². The van der Waals surface area contributed by atoms with Gasteiger partial charge in [0.2, 0.25) is 0 Å². The Labute approximate surface area is 108 Å². The van der Waals surface area contributed by atoms with Crippen molar-refractivity contribution < 1.29 is 4.92 Å². The van der Waals surface area contributed by atoms with E-state index < -0.39 is 4.92 Å². The summed E-state index contributed by atoms with van der Waals surface area (Å²) >= 11 is 1.59. The minimum atomic E-state index is -0.440. The van der Waals surface area contributed by atoms with E-state index in [2.05, 4.69) is 5.10 Å². The quantitative estimate of drug-likeness (QED) is 0.520. The average molecular weight is 264 g/mol. The van der Waals surface area contributed by atoms with Crippen molar-refractivity contribution in [1.82, 2.24) is 9.78 Å². The molecule has 0 fully saturated rings. The zero-order chi connectivity index (χ0) is 13.1. The van der Waals surface area contributed by atoms with Crippen molar-refractivity contribution in [3.63, 3.8) is 0 Å². The molecule has 1 aromatic heterocycles. The first kappa shape index (κ1) is 12.4. The topological polar surface area (TPSA) is 87.0 Å². The Balaban J connectivity index is 2.42. The fourth-order valence-corrected chi connectivity index (χ4v) is 2.22. The number of rotatable bonds is 4. The molecule has 0 radical (unpaired) electrons. The molecule has 0 bridgehead atoms. The second-order valence-electron chi connectivity index (χ2n) is 3.52. The van der Waals surface area contributed by atoms with Crippen molar-refractivity contribution in [1.29, 1.82) is 0 Å². The van der Waals surface area contributed by atoms with Crippen molar-refractivity contribution in [2.45, 2.75) is 11.8 Å². The van der Waals surface area contributed by atoms with E-state index in [0.717, 1.165) is 10.6 Å². The molecule has 0 aliphatic heterocycles. The van der Waals surface area contributed by atoms with E-state index in [4.69, 9.17) is 5.73 Å². The monoisotopic (exact) mass is 264 g/mol. The zero-order valence-electron chi connectivity index (χ0n) is 9.74. The molecular weight excluding hydrogens is 252 g/mol. The molecule has 0 unspecified atom stereocenters. The van der Waals surface area contributed by atoms with Crippen LogP contribution in [0.25, 0.3) is 5.69 Å². The molecule has 94 valence electrons. The van der Waals surface area contributed by atoms with Crippen molar-refractivity contribution in [3.8, 4) is 5.69 Å². The van der Waals surface area contributed by atoms with Gasteiger partial charge in [0.15, 0.2) is 0 Å². The molecule has 0 saturated heterocycles. The van der Waals surface area contributed by atoms with Crippen LogP contribution in [0.4, 0.5) is 11.5 Å². The number of hydrogen-bond donors (Lipinski definition) is 1. The first-order valence-electron chi connectivity index (χ1n) is 5.34. The summed E-state index contributed by atoms with van der Waals surface area (Å²) in [4.78, 5) is 11.2. The lowest BCUT2D eigenvalue weighted by atomic mass is 10.3. The van der Waals surface area contributed by atoms with Crippen LogP contribution in [0.2, 0.25) is 0 Å². The number of aromatic nitrogens is 2. The van der Waals surface area contributed by atoms with Gasteiger partial charge in [-0.1, -0.05) is 13.0 Å². The summed E-state index contributed by atoms with van der Waals surface area (Å²) in [5.41, 5.74) is 6.57. The van der Waals surface area contributed by atoms with Crippen molar-refractivity contribution in [3.05, 3.63) is 40.6 Å². The van der Waals surface area contributed by atoms with Gasteiger partial charge in [-0.2, -0.15) is 5.10 Å². The van der Waals surface area contributed by atoms with Gasteiger partial charge in [0.1, 0.15) is 5.82 Å². The maximum Gasteiger partial charge on any atom is 0.271 e. The fraction of sp³-hybridized carbons (Fsp3) is 0.182. The van der Waals surface area contributed by atoms with E-state index in [1.54, 1.807) is 30.1 Å². The number of nitro groups is 1. The number of nitrogen functional groups attached to an aromatic ring is 1. The molecule has 18 heavy (non-hydrogen) atoms. The third-order valence-corrected chi connectivity index (χ3v) is 3.27. The fourth-order valence-electron chi connectivity index (χ4n) is 1.55. The lowest BCUT2D eigenvalue weighted by Crippen LogP contribution is -2.02. The van der Waals surface area contributed by atoms with Crippen LogP contribution in [0.5, 0.6) is 0 Å². The molecule has 7 heteroatoms. The Morgan fingerprint density at radius 3 is 3.00 bits per heavy atom. The summed E-state index contributed by atoms with van der Waals surface area (Å²) in [5, 5.41) is 14.9. The summed E-state index contributed by atoms with van der Waals surface area (Å²) in [5.74, 6) is 1.40. The maximum absolute atomic E-state index is 10.7. The smallest absolute Gasteiger partial charge is 0.271 e. The highest BCUT2D eigenvalue weighted by Gasteiger charge is 2.12. The van der Waals surface area contributed by atoms with Crippen LogP contribution in [0.1, 0.15) is 6.92 Å². The molecule has 2 aromatic rings. The molecule has 0 aliphatic carbocycles. The minimum absolute atomic E-state index is 0.0205. The van der Waals surface area contributed by atoms with E-state index >= 15 is 0 Å². The minimum Gasteiger partial charge on any atom is -0.383 e. The van der Waals surface area contributed by atoms with Crippen molar-refractivity contribution in [2.24, 2.45) is 0 Å². The number of thioether (sulfide) groups is 1. The largest absolute Gasteiger partial charge is 0.383 e. The summed E-state index contributed by atoms with van der Waals surface area (Å²) < 4.78 is 1.50. The first-order chi connectivity index (χ1) is 8.63. The van der Waals surface area contributed by atoms with Crippen LogP contribution < -0.4 is 5.73 Å². The van der Waals surface area contributed by atoms with E-state index in [1.165, 1.54) is 16.8 Å². The van der Waals surface area contributed by atoms with Crippen molar-refractivity contribution in [2.75, 3.05) is 11.5 Å². The third-order valence-electron chi connectivity index (χ3n) is 2.36. The summed E-state index contributed by atoms with van der Waals surface area (Å²) in [7, 11) is 0. The molecule has 0 atom stereocenters. The normalized spacial score (nSPS) is 10.5. The number of hydrogen-bond acceptors (Lipinski definition) is 5. The molecular formula is C11H12N4O2S. The molecule has 0 saturated carbocycles. The maximum atomic E-state index is 10.7. The van der Waals surface area contributed by atoms with E-state index in [-0.39, 0.29) is 5.69 Å². The Bertz CT molecular complexity index is 582. The van der Waals surface area contributed by atoms with Crippen molar-refractivity contribution >= 4 is 23.3 Å². The molecule has 2 rings (SSSR count). The predicted octanol–water partition coefficient (Wildman–Crippen LogP) is 2.47. The zero-order valence-corrected chi connectivity index (χ0v) is 10.6. The molecule has 0 aliphatic rings.